The molecule has 0 aliphatic rings. The maximum atomic E-state index is 11.5. The van der Waals surface area contributed by atoms with Crippen LogP contribution >= 0.6 is 0 Å². The highest BCUT2D eigenvalue weighted by Crippen LogP contribution is 2.22. The Balaban J connectivity index is 2.90. The van der Waals surface area contributed by atoms with Crippen molar-refractivity contribution in [3.63, 3.8) is 0 Å². The smallest absolute Gasteiger partial charge is 0.303 e. The summed E-state index contributed by atoms with van der Waals surface area (Å²) < 4.78 is 10.0. The number of esters is 2. The van der Waals surface area contributed by atoms with Crippen molar-refractivity contribution < 1.29 is 24.0 Å². The zero-order chi connectivity index (χ0) is 20.9. The van der Waals surface area contributed by atoms with Gasteiger partial charge in [0.25, 0.3) is 5.69 Å². The van der Waals surface area contributed by atoms with Crippen LogP contribution in [0, 0.1) is 22.0 Å². The Morgan fingerprint density at radius 2 is 1.93 bits per heavy atom. The summed E-state index contributed by atoms with van der Waals surface area (Å²) in [5, 5.41) is 11.5. The van der Waals surface area contributed by atoms with Crippen molar-refractivity contribution in [3.05, 3.63) is 39.4 Å². The van der Waals surface area contributed by atoms with Crippen molar-refractivity contribution in [1.29, 1.82) is 0 Å². The van der Waals surface area contributed by atoms with E-state index in [-0.39, 0.29) is 18.7 Å². The van der Waals surface area contributed by atoms with E-state index in [1.54, 1.807) is 12.1 Å². The van der Waals surface area contributed by atoms with E-state index in [1.165, 1.54) is 26.3 Å². The first-order chi connectivity index (χ1) is 13.3. The molecule has 0 N–H and O–H groups in total. The van der Waals surface area contributed by atoms with Crippen LogP contribution in [0.25, 0.3) is 0 Å². The SMILES string of the molecule is CCCCCCC#Cc1ccc(CC(COC(C)=O)OC(C)=O)c([N+](=O)[O-])c1. The minimum absolute atomic E-state index is 0.0634. The van der Waals surface area contributed by atoms with Gasteiger partial charge in [0.2, 0.25) is 0 Å². The summed E-state index contributed by atoms with van der Waals surface area (Å²) in [6, 6.07) is 4.73. The monoisotopic (exact) mass is 389 g/mol. The molecule has 0 aliphatic heterocycles. The average molecular weight is 389 g/mol. The van der Waals surface area contributed by atoms with Crippen LogP contribution in [0.4, 0.5) is 5.69 Å². The first-order valence-electron chi connectivity index (χ1n) is 9.40. The number of benzene rings is 1. The Hall–Kier alpha value is -2.88. The van der Waals surface area contributed by atoms with Gasteiger partial charge in [0.05, 0.1) is 4.92 Å². The van der Waals surface area contributed by atoms with E-state index in [9.17, 15) is 19.7 Å². The molecule has 0 heterocycles. The first kappa shape index (κ1) is 23.2. The molecule has 0 saturated heterocycles. The lowest BCUT2D eigenvalue weighted by atomic mass is 10.0. The second-order valence-electron chi connectivity index (χ2n) is 6.45. The van der Waals surface area contributed by atoms with Gasteiger partial charge in [-0.15, -0.1) is 0 Å². The van der Waals surface area contributed by atoms with Crippen LogP contribution in [0.1, 0.15) is 64.0 Å². The van der Waals surface area contributed by atoms with Crippen LogP contribution in [-0.2, 0) is 25.5 Å². The summed E-state index contributed by atoms with van der Waals surface area (Å²) >= 11 is 0. The summed E-state index contributed by atoms with van der Waals surface area (Å²) in [6.45, 7) is 4.45. The van der Waals surface area contributed by atoms with Crippen molar-refractivity contribution in [1.82, 2.24) is 0 Å². The zero-order valence-corrected chi connectivity index (χ0v) is 16.7. The Morgan fingerprint density at radius 1 is 1.18 bits per heavy atom. The van der Waals surface area contributed by atoms with Gasteiger partial charge in [0, 0.05) is 43.9 Å². The van der Waals surface area contributed by atoms with E-state index < -0.39 is 23.0 Å². The predicted octanol–water partition coefficient (Wildman–Crippen LogP) is 3.95. The van der Waals surface area contributed by atoms with E-state index in [0.717, 1.165) is 25.7 Å². The summed E-state index contributed by atoms with van der Waals surface area (Å²) in [6.07, 6.45) is 4.51. The number of carbonyl (C=O) groups is 2. The Labute approximate surface area is 165 Å². The van der Waals surface area contributed by atoms with Crippen LogP contribution in [0.15, 0.2) is 18.2 Å². The quantitative estimate of drug-likeness (QED) is 0.198. The van der Waals surface area contributed by atoms with Gasteiger partial charge >= 0.3 is 11.9 Å². The maximum Gasteiger partial charge on any atom is 0.303 e. The third-order valence-corrected chi connectivity index (χ3v) is 3.92. The van der Waals surface area contributed by atoms with Gasteiger partial charge in [-0.2, -0.15) is 0 Å². The number of hydrogen-bond donors (Lipinski definition) is 0. The number of hydrogen-bond acceptors (Lipinski definition) is 6. The molecule has 152 valence electrons. The van der Waals surface area contributed by atoms with Crippen LogP contribution in [0.3, 0.4) is 0 Å². The molecule has 7 heteroatoms. The normalized spacial score (nSPS) is 11.1. The van der Waals surface area contributed by atoms with E-state index in [1.807, 2.05) is 0 Å². The number of ether oxygens (including phenoxy) is 2. The fourth-order valence-electron chi connectivity index (χ4n) is 2.61. The fourth-order valence-corrected chi connectivity index (χ4v) is 2.61. The predicted molar refractivity (Wildman–Crippen MR) is 105 cm³/mol. The number of nitrogens with zero attached hydrogens (tertiary/aromatic N) is 1. The van der Waals surface area contributed by atoms with Crippen LogP contribution in [-0.4, -0.2) is 29.6 Å². The summed E-state index contributed by atoms with van der Waals surface area (Å²) in [5.74, 6) is 4.94. The molecule has 1 aromatic carbocycles. The summed E-state index contributed by atoms with van der Waals surface area (Å²) in [7, 11) is 0. The molecule has 0 radical (unpaired) electrons. The molecular formula is C21H27NO6. The lowest BCUT2D eigenvalue weighted by Gasteiger charge is -2.16. The first-order valence-corrected chi connectivity index (χ1v) is 9.40. The Morgan fingerprint density at radius 3 is 2.54 bits per heavy atom. The standard InChI is InChI=1S/C21H27NO6/c1-4-5-6-7-8-9-10-18-11-12-19(21(13-18)22(25)26)14-20(28-17(3)24)15-27-16(2)23/h11-13,20H,4-8,14-15H2,1-3H3. The number of nitro groups is 1. The van der Waals surface area contributed by atoms with Gasteiger partial charge in [0.15, 0.2) is 0 Å². The van der Waals surface area contributed by atoms with Gasteiger partial charge in [-0.3, -0.25) is 19.7 Å². The lowest BCUT2D eigenvalue weighted by Crippen LogP contribution is -2.26. The molecule has 0 bridgehead atoms. The minimum atomic E-state index is -0.796. The van der Waals surface area contributed by atoms with E-state index in [0.29, 0.717) is 11.1 Å². The molecule has 0 spiro atoms. The van der Waals surface area contributed by atoms with Crippen molar-refractivity contribution in [2.24, 2.45) is 0 Å². The molecule has 0 aromatic heterocycles. The average Bonchev–Trinajstić information content (AvgIpc) is 2.62. The molecule has 7 nitrogen and oxygen atoms in total. The molecule has 1 atom stereocenters. The van der Waals surface area contributed by atoms with Gasteiger partial charge in [0.1, 0.15) is 12.7 Å². The molecule has 28 heavy (non-hydrogen) atoms. The van der Waals surface area contributed by atoms with E-state index >= 15 is 0 Å². The largest absolute Gasteiger partial charge is 0.462 e. The molecule has 1 unspecified atom stereocenters. The van der Waals surface area contributed by atoms with Crippen molar-refractivity contribution in [2.45, 2.75) is 65.4 Å². The van der Waals surface area contributed by atoms with Gasteiger partial charge in [-0.05, 0) is 12.5 Å². The second kappa shape index (κ2) is 12.5. The van der Waals surface area contributed by atoms with Crippen molar-refractivity contribution in [2.75, 3.05) is 6.61 Å². The highest BCUT2D eigenvalue weighted by Gasteiger charge is 2.21. The van der Waals surface area contributed by atoms with Gasteiger partial charge < -0.3 is 9.47 Å². The fraction of sp³-hybridized carbons (Fsp3) is 0.524. The molecule has 1 rings (SSSR count). The van der Waals surface area contributed by atoms with E-state index in [4.69, 9.17) is 9.47 Å². The van der Waals surface area contributed by atoms with Crippen LogP contribution in [0.5, 0.6) is 0 Å². The number of nitro benzene ring substituents is 1. The molecular weight excluding hydrogens is 362 g/mol. The molecule has 1 aromatic rings. The highest BCUT2D eigenvalue weighted by atomic mass is 16.6. The van der Waals surface area contributed by atoms with Crippen molar-refractivity contribution >= 4 is 17.6 Å². The lowest BCUT2D eigenvalue weighted by molar-refractivity contribution is -0.385. The number of carbonyl (C=O) groups excluding carboxylic acids is 2. The third kappa shape index (κ3) is 9.17. The van der Waals surface area contributed by atoms with E-state index in [2.05, 4.69) is 18.8 Å². The van der Waals surface area contributed by atoms with Gasteiger partial charge in [-0.25, -0.2) is 0 Å². The zero-order valence-electron chi connectivity index (χ0n) is 16.7. The minimum Gasteiger partial charge on any atom is -0.462 e. The second-order valence-corrected chi connectivity index (χ2v) is 6.45. The topological polar surface area (TPSA) is 95.7 Å². The third-order valence-electron chi connectivity index (χ3n) is 3.92. The van der Waals surface area contributed by atoms with Crippen molar-refractivity contribution in [3.8, 4) is 11.8 Å². The molecule has 0 saturated carbocycles. The maximum absolute atomic E-state index is 11.5. The summed E-state index contributed by atoms with van der Waals surface area (Å²) in [5.41, 5.74) is 0.852. The highest BCUT2D eigenvalue weighted by molar-refractivity contribution is 5.67. The Kier molecular flexibility index (Phi) is 10.3. The Bertz CT molecular complexity index is 747. The molecule has 0 aliphatic carbocycles. The number of unbranched alkanes of at least 4 members (excludes halogenated alkanes) is 4. The molecule has 0 amide bonds. The van der Waals surface area contributed by atoms with Gasteiger partial charge in [-0.1, -0.05) is 44.1 Å². The number of rotatable bonds is 10. The summed E-state index contributed by atoms with van der Waals surface area (Å²) in [4.78, 5) is 33.2. The van der Waals surface area contributed by atoms with Crippen LogP contribution < -0.4 is 0 Å². The molecule has 0 fully saturated rings. The van der Waals surface area contributed by atoms with Crippen LogP contribution in [0.2, 0.25) is 0 Å².